The molecule has 0 spiro atoms. The van der Waals surface area contributed by atoms with Gasteiger partial charge in [-0.1, -0.05) is 24.3 Å². The minimum atomic E-state index is -4.68. The van der Waals surface area contributed by atoms with Gasteiger partial charge >= 0.3 is 6.18 Å². The van der Waals surface area contributed by atoms with Crippen LogP contribution in [0.2, 0.25) is 0 Å². The number of nitrogens with zero attached hydrogens (tertiary/aromatic N) is 2. The van der Waals surface area contributed by atoms with Crippen molar-refractivity contribution < 1.29 is 22.4 Å². The van der Waals surface area contributed by atoms with Crippen molar-refractivity contribution in [2.24, 2.45) is 0 Å². The summed E-state index contributed by atoms with van der Waals surface area (Å²) in [5.41, 5.74) is 1.37. The predicted molar refractivity (Wildman–Crippen MR) is 87.7 cm³/mol. The summed E-state index contributed by atoms with van der Waals surface area (Å²) in [5.74, 6) is -2.16. The minimum Gasteiger partial charge on any atom is -0.350 e. The Morgan fingerprint density at radius 3 is 2.62 bits per heavy atom. The lowest BCUT2D eigenvalue weighted by atomic mass is 10.1. The van der Waals surface area contributed by atoms with Crippen molar-refractivity contribution in [2.75, 3.05) is 0 Å². The summed E-state index contributed by atoms with van der Waals surface area (Å²) in [4.78, 5) is 15.7. The molecule has 0 saturated carbocycles. The monoisotopic (exact) mass is 365 g/mol. The normalized spacial score (nSPS) is 11.7. The fourth-order valence-electron chi connectivity index (χ4n) is 2.60. The van der Waals surface area contributed by atoms with Crippen molar-refractivity contribution in [2.45, 2.75) is 26.2 Å². The molecule has 4 nitrogen and oxygen atoms in total. The van der Waals surface area contributed by atoms with Crippen molar-refractivity contribution in [3.63, 3.8) is 0 Å². The van der Waals surface area contributed by atoms with E-state index in [1.807, 2.05) is 0 Å². The number of hydrogen-bond donors (Lipinski definition) is 1. The number of hydrogen-bond acceptors (Lipinski definition) is 2. The maximum atomic E-state index is 13.5. The molecule has 0 bridgehead atoms. The van der Waals surface area contributed by atoms with Crippen LogP contribution in [0.5, 0.6) is 0 Å². The molecule has 3 rings (SSSR count). The molecule has 0 radical (unpaired) electrons. The zero-order valence-electron chi connectivity index (χ0n) is 13.8. The smallest absolute Gasteiger partial charge is 0.350 e. The first-order valence-electron chi connectivity index (χ1n) is 7.80. The minimum absolute atomic E-state index is 0.0179. The van der Waals surface area contributed by atoms with Crippen LogP contribution in [0.25, 0.3) is 11.0 Å². The van der Waals surface area contributed by atoms with E-state index in [2.05, 4.69) is 10.3 Å². The van der Waals surface area contributed by atoms with Crippen molar-refractivity contribution >= 4 is 16.9 Å². The molecule has 2 aromatic carbocycles. The molecule has 0 atom stereocenters. The third kappa shape index (κ3) is 3.68. The van der Waals surface area contributed by atoms with Gasteiger partial charge in [0.15, 0.2) is 0 Å². The van der Waals surface area contributed by atoms with E-state index in [0.29, 0.717) is 11.1 Å². The summed E-state index contributed by atoms with van der Waals surface area (Å²) < 4.78 is 54.0. The number of nitrogens with one attached hydrogen (secondary N) is 1. The number of benzene rings is 2. The van der Waals surface area contributed by atoms with Gasteiger partial charge in [0.1, 0.15) is 12.4 Å². The fourth-order valence-corrected chi connectivity index (χ4v) is 2.60. The Balaban J connectivity index is 1.79. The van der Waals surface area contributed by atoms with Crippen molar-refractivity contribution in [1.29, 1.82) is 0 Å². The first-order chi connectivity index (χ1) is 12.3. The van der Waals surface area contributed by atoms with Crippen molar-refractivity contribution in [3.05, 3.63) is 65.2 Å². The zero-order chi connectivity index (χ0) is 18.9. The summed E-state index contributed by atoms with van der Waals surface area (Å²) in [6.07, 6.45) is -4.68. The second-order valence-electron chi connectivity index (χ2n) is 5.87. The number of carbonyl (C=O) groups is 1. The second kappa shape index (κ2) is 6.78. The predicted octanol–water partition coefficient (Wildman–Crippen LogP) is 3.82. The Labute approximate surface area is 146 Å². The summed E-state index contributed by atoms with van der Waals surface area (Å²) in [6.45, 7) is 1.09. The molecule has 0 aliphatic carbocycles. The SMILES string of the molecule is Cc1ccc(CNC(=O)Cn2c(C(F)(F)F)nc3ccccc32)cc1F. The molecule has 26 heavy (non-hydrogen) atoms. The Morgan fingerprint density at radius 1 is 1.19 bits per heavy atom. The van der Waals surface area contributed by atoms with Crippen LogP contribution < -0.4 is 5.32 Å². The number of fused-ring (bicyclic) bond motifs is 1. The molecule has 8 heteroatoms. The quantitative estimate of drug-likeness (QED) is 0.715. The molecule has 136 valence electrons. The molecule has 0 aliphatic heterocycles. The number of aromatic nitrogens is 2. The lowest BCUT2D eigenvalue weighted by Gasteiger charge is -2.12. The van der Waals surface area contributed by atoms with Gasteiger partial charge in [-0.25, -0.2) is 9.37 Å². The molecule has 3 aromatic rings. The van der Waals surface area contributed by atoms with Gasteiger partial charge in [-0.05, 0) is 36.2 Å². The van der Waals surface area contributed by atoms with Gasteiger partial charge in [-0.3, -0.25) is 4.79 Å². The van der Waals surface area contributed by atoms with E-state index < -0.39 is 30.3 Å². The van der Waals surface area contributed by atoms with Crippen LogP contribution in [0, 0.1) is 12.7 Å². The molecule has 0 saturated heterocycles. The first kappa shape index (κ1) is 17.9. The Bertz CT molecular complexity index is 963. The second-order valence-corrected chi connectivity index (χ2v) is 5.87. The van der Waals surface area contributed by atoms with Gasteiger partial charge in [0.05, 0.1) is 11.0 Å². The largest absolute Gasteiger partial charge is 0.449 e. The van der Waals surface area contributed by atoms with Gasteiger partial charge in [-0.15, -0.1) is 0 Å². The van der Waals surface area contributed by atoms with Crippen LogP contribution in [-0.4, -0.2) is 15.5 Å². The maximum absolute atomic E-state index is 13.5. The highest BCUT2D eigenvalue weighted by atomic mass is 19.4. The number of aryl methyl sites for hydroxylation is 1. The molecule has 1 heterocycles. The lowest BCUT2D eigenvalue weighted by molar-refractivity contribution is -0.147. The number of halogens is 4. The molecule has 0 unspecified atom stereocenters. The molecular weight excluding hydrogens is 350 g/mol. The van der Waals surface area contributed by atoms with Gasteiger partial charge < -0.3 is 9.88 Å². The van der Waals surface area contributed by atoms with Crippen molar-refractivity contribution in [1.82, 2.24) is 14.9 Å². The molecule has 0 aliphatic rings. The molecule has 1 aromatic heterocycles. The number of carbonyl (C=O) groups excluding carboxylic acids is 1. The van der Waals surface area contributed by atoms with Crippen LogP contribution in [0.15, 0.2) is 42.5 Å². The Morgan fingerprint density at radius 2 is 1.92 bits per heavy atom. The summed E-state index contributed by atoms with van der Waals surface area (Å²) in [7, 11) is 0. The Hall–Kier alpha value is -2.90. The molecule has 0 fully saturated rings. The van der Waals surface area contributed by atoms with Gasteiger partial charge in [0.25, 0.3) is 0 Å². The topological polar surface area (TPSA) is 46.9 Å². The maximum Gasteiger partial charge on any atom is 0.449 e. The van der Waals surface area contributed by atoms with Crippen LogP contribution >= 0.6 is 0 Å². The number of rotatable bonds is 4. The average Bonchev–Trinajstić information content (AvgIpc) is 2.95. The number of para-hydroxylation sites is 2. The van der Waals surface area contributed by atoms with Crippen LogP contribution in [0.3, 0.4) is 0 Å². The van der Waals surface area contributed by atoms with Crippen molar-refractivity contribution in [3.8, 4) is 0 Å². The van der Waals surface area contributed by atoms with Crippen LogP contribution in [0.1, 0.15) is 17.0 Å². The third-order valence-electron chi connectivity index (χ3n) is 3.94. The average molecular weight is 365 g/mol. The number of imidazole rings is 1. The van der Waals surface area contributed by atoms with Crippen LogP contribution in [0.4, 0.5) is 17.6 Å². The fraction of sp³-hybridized carbons (Fsp3) is 0.222. The molecule has 1 amide bonds. The highest BCUT2D eigenvalue weighted by molar-refractivity contribution is 5.81. The number of alkyl halides is 3. The molecule has 1 N–H and O–H groups in total. The highest BCUT2D eigenvalue weighted by Gasteiger charge is 2.37. The van der Waals surface area contributed by atoms with E-state index in [0.717, 1.165) is 4.57 Å². The zero-order valence-corrected chi connectivity index (χ0v) is 13.8. The summed E-state index contributed by atoms with van der Waals surface area (Å²) in [6, 6.07) is 10.6. The lowest BCUT2D eigenvalue weighted by Crippen LogP contribution is -2.29. The van der Waals surface area contributed by atoms with E-state index in [4.69, 9.17) is 0 Å². The number of amides is 1. The summed E-state index contributed by atoms with van der Waals surface area (Å²) >= 11 is 0. The van der Waals surface area contributed by atoms with E-state index in [-0.39, 0.29) is 17.6 Å². The van der Waals surface area contributed by atoms with Gasteiger partial charge in [0, 0.05) is 6.54 Å². The molecular formula is C18H15F4N3O. The standard InChI is InChI=1S/C18H15F4N3O/c1-11-6-7-12(8-13(11)19)9-23-16(26)10-25-15-5-3-2-4-14(15)24-17(25)18(20,21)22/h2-8H,9-10H2,1H3,(H,23,26). The van der Waals surface area contributed by atoms with Gasteiger partial charge in [0.2, 0.25) is 11.7 Å². The first-order valence-corrected chi connectivity index (χ1v) is 7.80. The van der Waals surface area contributed by atoms with Crippen LogP contribution in [-0.2, 0) is 24.1 Å². The van der Waals surface area contributed by atoms with E-state index in [1.54, 1.807) is 31.2 Å². The third-order valence-corrected chi connectivity index (χ3v) is 3.94. The summed E-state index contributed by atoms with van der Waals surface area (Å²) in [5, 5.41) is 2.51. The van der Waals surface area contributed by atoms with E-state index in [9.17, 15) is 22.4 Å². The Kier molecular flexibility index (Phi) is 4.67. The van der Waals surface area contributed by atoms with E-state index >= 15 is 0 Å². The van der Waals surface area contributed by atoms with E-state index in [1.165, 1.54) is 18.2 Å². The highest BCUT2D eigenvalue weighted by Crippen LogP contribution is 2.31. The van der Waals surface area contributed by atoms with Gasteiger partial charge in [-0.2, -0.15) is 13.2 Å².